The van der Waals surface area contributed by atoms with E-state index in [9.17, 15) is 14.7 Å². The second-order valence-corrected chi connectivity index (χ2v) is 4.60. The molecule has 0 aliphatic rings. The molecule has 9 nitrogen and oxygen atoms in total. The van der Waals surface area contributed by atoms with Crippen LogP contribution in [-0.4, -0.2) is 78.5 Å². The number of carbonyl (C=O) groups excluding carboxylic acids is 2. The number of nitrogens with one attached hydrogen (secondary N) is 1. The zero-order chi connectivity index (χ0) is 17.4. The van der Waals surface area contributed by atoms with Gasteiger partial charge < -0.3 is 40.4 Å². The predicted octanol–water partition coefficient (Wildman–Crippen LogP) is -6.38. The van der Waals surface area contributed by atoms with Crippen molar-refractivity contribution in [3.63, 3.8) is 0 Å². The quantitative estimate of drug-likeness (QED) is 0.139. The van der Waals surface area contributed by atoms with Crippen LogP contribution in [0.2, 0.25) is 0 Å². The zero-order valence-electron chi connectivity index (χ0n) is 13.8. The molecule has 0 heterocycles. The number of aliphatic hydroxyl groups is 4. The van der Waals surface area contributed by atoms with Gasteiger partial charge in [0.2, 0.25) is 0 Å². The van der Waals surface area contributed by atoms with E-state index in [-0.39, 0.29) is 75.7 Å². The van der Waals surface area contributed by atoms with E-state index in [0.717, 1.165) is 0 Å². The first-order valence-corrected chi connectivity index (χ1v) is 6.91. The molecule has 5 N–H and O–H groups in total. The largest absolute Gasteiger partial charge is 1.00 e. The molecule has 0 saturated heterocycles. The molecular formula is C13H26NNaO8. The normalized spacial score (nSPS) is 10.1. The third kappa shape index (κ3) is 16.4. The van der Waals surface area contributed by atoms with Crippen molar-refractivity contribution in [2.75, 3.05) is 46.1 Å². The molecule has 10 heteroatoms. The van der Waals surface area contributed by atoms with Crippen LogP contribution in [-0.2, 0) is 14.3 Å². The molecule has 0 aliphatic carbocycles. The van der Waals surface area contributed by atoms with Crippen molar-refractivity contribution in [3.05, 3.63) is 0 Å². The van der Waals surface area contributed by atoms with Gasteiger partial charge in [0.1, 0.15) is 0 Å². The number of esters is 1. The molecule has 0 rings (SSSR count). The van der Waals surface area contributed by atoms with Gasteiger partial charge in [-0.25, -0.2) is 0 Å². The number of hydrogen-bond donors (Lipinski definition) is 5. The fraction of sp³-hybridized carbons (Fsp3) is 0.846. The molecule has 0 aromatic carbocycles. The fourth-order valence-electron chi connectivity index (χ4n) is 1.05. The summed E-state index contributed by atoms with van der Waals surface area (Å²) in [7, 11) is 0. The summed E-state index contributed by atoms with van der Waals surface area (Å²) in [5, 5.41) is 46.5. The first kappa shape index (κ1) is 27.6. The first-order chi connectivity index (χ1) is 10.4. The maximum absolute atomic E-state index is 10.7. The molecule has 0 amide bonds. The number of aliphatic carboxylic acids is 1. The Hall–Kier alpha value is -0.260. The summed E-state index contributed by atoms with van der Waals surface area (Å²) in [4.78, 5) is 20.6. The average Bonchev–Trinajstić information content (AvgIpc) is 2.51. The van der Waals surface area contributed by atoms with Crippen LogP contribution in [0.25, 0.3) is 0 Å². The molecule has 0 aromatic heterocycles. The number of hydrogen-bond acceptors (Lipinski definition) is 9. The van der Waals surface area contributed by atoms with Crippen LogP contribution in [0.15, 0.2) is 0 Å². The minimum Gasteiger partial charge on any atom is -0.549 e. The molecule has 0 aliphatic heterocycles. The van der Waals surface area contributed by atoms with Crippen LogP contribution < -0.4 is 40.0 Å². The van der Waals surface area contributed by atoms with E-state index in [0.29, 0.717) is 12.8 Å². The molecule has 0 unspecified atom stereocenters. The van der Waals surface area contributed by atoms with Gasteiger partial charge in [-0.3, -0.25) is 4.79 Å². The molecule has 0 radical (unpaired) electrons. The van der Waals surface area contributed by atoms with Crippen molar-refractivity contribution >= 4 is 11.9 Å². The Balaban J connectivity index is -0.000000354. The minimum atomic E-state index is -1.27. The molecular weight excluding hydrogens is 321 g/mol. The summed E-state index contributed by atoms with van der Waals surface area (Å²) in [5.74, 6) is -1.82. The van der Waals surface area contributed by atoms with E-state index in [4.69, 9.17) is 20.4 Å². The van der Waals surface area contributed by atoms with Crippen LogP contribution >= 0.6 is 0 Å². The van der Waals surface area contributed by atoms with Crippen molar-refractivity contribution in [3.8, 4) is 0 Å². The van der Waals surface area contributed by atoms with Crippen LogP contribution in [0.4, 0.5) is 0 Å². The molecule has 0 atom stereocenters. The second-order valence-electron chi connectivity index (χ2n) is 4.60. The van der Waals surface area contributed by atoms with Gasteiger partial charge in [0.15, 0.2) is 0 Å². The van der Waals surface area contributed by atoms with E-state index in [2.05, 4.69) is 10.1 Å². The van der Waals surface area contributed by atoms with Gasteiger partial charge >= 0.3 is 35.5 Å². The minimum absolute atomic E-state index is 0. The third-order valence-electron chi connectivity index (χ3n) is 2.86. The SMILES string of the molecule is CCC(CO)(CO)CO.O=C([O-])CNCC(=O)OCCCO.[Na+]. The first-order valence-electron chi connectivity index (χ1n) is 6.91. The summed E-state index contributed by atoms with van der Waals surface area (Å²) >= 11 is 0. The van der Waals surface area contributed by atoms with Gasteiger partial charge in [0.25, 0.3) is 0 Å². The number of aliphatic hydroxyl groups excluding tert-OH is 4. The van der Waals surface area contributed by atoms with Crippen molar-refractivity contribution in [2.45, 2.75) is 19.8 Å². The maximum atomic E-state index is 10.7. The van der Waals surface area contributed by atoms with Crippen molar-refractivity contribution in [2.24, 2.45) is 5.41 Å². The molecule has 0 saturated carbocycles. The van der Waals surface area contributed by atoms with Gasteiger partial charge in [0.05, 0.1) is 38.9 Å². The monoisotopic (exact) mass is 347 g/mol. The number of carboxylic acids is 1. The van der Waals surface area contributed by atoms with Crippen LogP contribution in [0.3, 0.4) is 0 Å². The Bertz CT molecular complexity index is 282. The van der Waals surface area contributed by atoms with Crippen molar-refractivity contribution in [1.29, 1.82) is 0 Å². The summed E-state index contributed by atoms with van der Waals surface area (Å²) in [6, 6.07) is 0. The summed E-state index contributed by atoms with van der Waals surface area (Å²) in [6.45, 7) is 0.906. The van der Waals surface area contributed by atoms with Gasteiger partial charge in [-0.2, -0.15) is 0 Å². The Morgan fingerprint density at radius 1 is 1.09 bits per heavy atom. The molecule has 0 aromatic rings. The molecule has 0 fully saturated rings. The number of ether oxygens (including phenoxy) is 1. The van der Waals surface area contributed by atoms with E-state index < -0.39 is 17.4 Å². The standard InChI is InChI=1S/C7H13NO5.C6H14O3.Na/c9-2-1-3-13-7(12)5-8-4-6(10)11;1-2-6(3-7,4-8)5-9;/h8-9H,1-5H2,(H,10,11);7-9H,2-5H2,1H3;/q;;+1/p-1. The molecule has 0 bridgehead atoms. The zero-order valence-corrected chi connectivity index (χ0v) is 15.8. The van der Waals surface area contributed by atoms with Gasteiger partial charge in [-0.15, -0.1) is 0 Å². The number of carbonyl (C=O) groups is 2. The summed E-state index contributed by atoms with van der Waals surface area (Å²) in [5.41, 5.74) is -0.667. The Morgan fingerprint density at radius 3 is 1.91 bits per heavy atom. The topological polar surface area (TPSA) is 159 Å². The van der Waals surface area contributed by atoms with Gasteiger partial charge in [-0.1, -0.05) is 6.92 Å². The molecule has 0 spiro atoms. The van der Waals surface area contributed by atoms with E-state index in [1.165, 1.54) is 0 Å². The molecule has 23 heavy (non-hydrogen) atoms. The smallest absolute Gasteiger partial charge is 0.549 e. The van der Waals surface area contributed by atoms with Gasteiger partial charge in [-0.05, 0) is 6.42 Å². The van der Waals surface area contributed by atoms with Crippen LogP contribution in [0.1, 0.15) is 19.8 Å². The van der Waals surface area contributed by atoms with E-state index in [1.807, 2.05) is 6.92 Å². The number of carboxylic acid groups (broad SMARTS) is 1. The Labute approximate surface area is 157 Å². The molecule has 132 valence electrons. The predicted molar refractivity (Wildman–Crippen MR) is 74.5 cm³/mol. The fourth-order valence-corrected chi connectivity index (χ4v) is 1.05. The van der Waals surface area contributed by atoms with Gasteiger partial charge in [0, 0.05) is 25.0 Å². The van der Waals surface area contributed by atoms with Crippen molar-refractivity contribution in [1.82, 2.24) is 5.32 Å². The Morgan fingerprint density at radius 2 is 1.61 bits per heavy atom. The average molecular weight is 347 g/mol. The van der Waals surface area contributed by atoms with E-state index in [1.54, 1.807) is 0 Å². The van der Waals surface area contributed by atoms with Crippen LogP contribution in [0, 0.1) is 5.41 Å². The second kappa shape index (κ2) is 18.1. The maximum Gasteiger partial charge on any atom is 1.00 e. The third-order valence-corrected chi connectivity index (χ3v) is 2.86. The number of rotatable bonds is 11. The summed E-state index contributed by atoms with van der Waals surface area (Å²) in [6.07, 6.45) is 0.975. The van der Waals surface area contributed by atoms with E-state index >= 15 is 0 Å². The van der Waals surface area contributed by atoms with Crippen LogP contribution in [0.5, 0.6) is 0 Å². The summed E-state index contributed by atoms with van der Waals surface area (Å²) < 4.78 is 4.59. The van der Waals surface area contributed by atoms with Crippen molar-refractivity contribution < 1.29 is 69.4 Å². The Kier molecular flexibility index (Phi) is 21.7.